The van der Waals surface area contributed by atoms with Gasteiger partial charge >= 0.3 is 0 Å². The van der Waals surface area contributed by atoms with Crippen LogP contribution < -0.4 is 0 Å². The first-order valence-electron chi connectivity index (χ1n) is 8.96. The van der Waals surface area contributed by atoms with Crippen LogP contribution in [0.15, 0.2) is 60.7 Å². The molecular formula is C22H30. The maximum absolute atomic E-state index is 2.32. The van der Waals surface area contributed by atoms with Crippen LogP contribution >= 0.6 is 0 Å². The first kappa shape index (κ1) is 16.8. The first-order valence-corrected chi connectivity index (χ1v) is 8.96. The molecule has 0 heterocycles. The highest BCUT2D eigenvalue weighted by molar-refractivity contribution is 5.28. The van der Waals surface area contributed by atoms with E-state index in [9.17, 15) is 0 Å². The van der Waals surface area contributed by atoms with E-state index in [1.807, 2.05) is 0 Å². The first-order chi connectivity index (χ1) is 10.9. The van der Waals surface area contributed by atoms with Crippen molar-refractivity contribution in [1.82, 2.24) is 0 Å². The molecule has 2 aromatic carbocycles. The lowest BCUT2D eigenvalue weighted by atomic mass is 9.76. The second kappa shape index (κ2) is 9.46. The minimum Gasteiger partial charge on any atom is -0.0654 e. The summed E-state index contributed by atoms with van der Waals surface area (Å²) in [7, 11) is 0. The number of rotatable bonds is 9. The molecule has 0 saturated heterocycles. The van der Waals surface area contributed by atoms with Gasteiger partial charge in [0.25, 0.3) is 0 Å². The fourth-order valence-electron chi connectivity index (χ4n) is 3.45. The molecule has 22 heavy (non-hydrogen) atoms. The predicted octanol–water partition coefficient (Wildman–Crippen LogP) is 6.93. The molecule has 0 N–H and O–H groups in total. The number of hydrogen-bond donors (Lipinski definition) is 0. The Kier molecular flexibility index (Phi) is 7.22. The molecule has 0 radical (unpaired) electrons. The third-order valence-electron chi connectivity index (χ3n) is 4.68. The molecule has 2 atom stereocenters. The number of hydrogen-bond acceptors (Lipinski definition) is 0. The summed E-state index contributed by atoms with van der Waals surface area (Å²) < 4.78 is 0. The quantitative estimate of drug-likeness (QED) is 0.470. The van der Waals surface area contributed by atoms with Gasteiger partial charge in [0.05, 0.1) is 0 Å². The van der Waals surface area contributed by atoms with Gasteiger partial charge in [0.1, 0.15) is 0 Å². The maximum atomic E-state index is 2.32. The molecule has 0 nitrogen and oxygen atoms in total. The molecule has 0 aromatic heterocycles. The van der Waals surface area contributed by atoms with Crippen molar-refractivity contribution in [3.63, 3.8) is 0 Å². The van der Waals surface area contributed by atoms with E-state index in [0.717, 1.165) is 0 Å². The molecule has 0 bridgehead atoms. The van der Waals surface area contributed by atoms with Crippen LogP contribution in [0.4, 0.5) is 0 Å². The highest BCUT2D eigenvalue weighted by Crippen LogP contribution is 2.40. The minimum absolute atomic E-state index is 0.648. The van der Waals surface area contributed by atoms with Crippen LogP contribution in [0.2, 0.25) is 0 Å². The summed E-state index contributed by atoms with van der Waals surface area (Å²) in [4.78, 5) is 0. The maximum Gasteiger partial charge on any atom is -0.00931 e. The highest BCUT2D eigenvalue weighted by Gasteiger charge is 2.23. The Bertz CT molecular complexity index is 451. The van der Waals surface area contributed by atoms with Crippen molar-refractivity contribution in [3.8, 4) is 0 Å². The van der Waals surface area contributed by atoms with Crippen molar-refractivity contribution in [2.45, 2.75) is 64.2 Å². The van der Waals surface area contributed by atoms with Gasteiger partial charge < -0.3 is 0 Å². The summed E-state index contributed by atoms with van der Waals surface area (Å²) >= 11 is 0. The molecule has 0 amide bonds. The van der Waals surface area contributed by atoms with Crippen LogP contribution in [0, 0.1) is 0 Å². The van der Waals surface area contributed by atoms with Gasteiger partial charge in [-0.05, 0) is 35.8 Å². The second-order valence-electron chi connectivity index (χ2n) is 6.32. The summed E-state index contributed by atoms with van der Waals surface area (Å²) in [5.41, 5.74) is 3.03. The van der Waals surface area contributed by atoms with Gasteiger partial charge in [0.2, 0.25) is 0 Å². The molecule has 118 valence electrons. The van der Waals surface area contributed by atoms with Crippen LogP contribution in [0.5, 0.6) is 0 Å². The molecule has 0 aliphatic rings. The molecule has 0 heteroatoms. The molecule has 0 aliphatic heterocycles. The van der Waals surface area contributed by atoms with Crippen LogP contribution in [-0.2, 0) is 0 Å². The van der Waals surface area contributed by atoms with Crippen molar-refractivity contribution in [2.75, 3.05) is 0 Å². The predicted molar refractivity (Wildman–Crippen MR) is 97.4 cm³/mol. The lowest BCUT2D eigenvalue weighted by molar-refractivity contribution is 0.450. The molecule has 0 aliphatic carbocycles. The summed E-state index contributed by atoms with van der Waals surface area (Å²) in [5.74, 6) is 1.30. The van der Waals surface area contributed by atoms with Gasteiger partial charge in [-0.1, -0.05) is 100 Å². The fourth-order valence-corrected chi connectivity index (χ4v) is 3.45. The fraction of sp³-hybridized carbons (Fsp3) is 0.455. The van der Waals surface area contributed by atoms with Gasteiger partial charge in [-0.3, -0.25) is 0 Å². The van der Waals surface area contributed by atoms with Crippen LogP contribution in [0.3, 0.4) is 0 Å². The minimum atomic E-state index is 0.648. The summed E-state index contributed by atoms with van der Waals surface area (Å²) in [5, 5.41) is 0. The Balaban J connectivity index is 2.30. The van der Waals surface area contributed by atoms with E-state index in [1.54, 1.807) is 0 Å². The van der Waals surface area contributed by atoms with Crippen molar-refractivity contribution < 1.29 is 0 Å². The molecule has 0 fully saturated rings. The van der Waals surface area contributed by atoms with Crippen molar-refractivity contribution in [2.24, 2.45) is 0 Å². The van der Waals surface area contributed by atoms with E-state index in [1.165, 1.54) is 49.7 Å². The molecular weight excluding hydrogens is 264 g/mol. The average Bonchev–Trinajstić information content (AvgIpc) is 2.59. The zero-order valence-electron chi connectivity index (χ0n) is 14.2. The Hall–Kier alpha value is -1.56. The zero-order chi connectivity index (χ0) is 15.6. The third-order valence-corrected chi connectivity index (χ3v) is 4.68. The Morgan fingerprint density at radius 3 is 1.27 bits per heavy atom. The van der Waals surface area contributed by atoms with Gasteiger partial charge in [-0.15, -0.1) is 0 Å². The van der Waals surface area contributed by atoms with E-state index in [2.05, 4.69) is 74.5 Å². The summed E-state index contributed by atoms with van der Waals surface area (Å²) in [6.07, 6.45) is 7.77. The van der Waals surface area contributed by atoms with E-state index < -0.39 is 0 Å². The Labute approximate surface area is 136 Å². The molecule has 2 rings (SSSR count). The van der Waals surface area contributed by atoms with Gasteiger partial charge in [-0.25, -0.2) is 0 Å². The molecule has 0 spiro atoms. The van der Waals surface area contributed by atoms with Gasteiger partial charge in [-0.2, -0.15) is 0 Å². The van der Waals surface area contributed by atoms with E-state index in [0.29, 0.717) is 11.8 Å². The lowest BCUT2D eigenvalue weighted by Crippen LogP contribution is -2.12. The topological polar surface area (TPSA) is 0 Å². The van der Waals surface area contributed by atoms with E-state index >= 15 is 0 Å². The van der Waals surface area contributed by atoms with Crippen molar-refractivity contribution >= 4 is 0 Å². The molecule has 2 unspecified atom stereocenters. The van der Waals surface area contributed by atoms with Crippen LogP contribution in [0.1, 0.15) is 75.3 Å². The van der Waals surface area contributed by atoms with Crippen LogP contribution in [-0.4, -0.2) is 0 Å². The van der Waals surface area contributed by atoms with Crippen molar-refractivity contribution in [1.29, 1.82) is 0 Å². The molecule has 0 saturated carbocycles. The van der Waals surface area contributed by atoms with E-state index in [4.69, 9.17) is 0 Å². The second-order valence-corrected chi connectivity index (χ2v) is 6.32. The number of unbranched alkanes of at least 4 members (excludes halogenated alkanes) is 2. The van der Waals surface area contributed by atoms with Crippen LogP contribution in [0.25, 0.3) is 0 Å². The standard InChI is InChI=1S/C22H30/c1-3-5-17-21(19-13-9-7-10-14-19)22(18-6-4-2)20-15-11-8-12-16-20/h7-16,21-22H,3-6,17-18H2,1-2H3. The number of benzene rings is 2. The van der Waals surface area contributed by atoms with E-state index in [-0.39, 0.29) is 0 Å². The SMILES string of the molecule is CCCCC(c1ccccc1)C(CCCC)c1ccccc1. The lowest BCUT2D eigenvalue weighted by Gasteiger charge is -2.28. The van der Waals surface area contributed by atoms with Gasteiger partial charge in [0, 0.05) is 0 Å². The summed E-state index contributed by atoms with van der Waals surface area (Å²) in [6.45, 7) is 4.59. The van der Waals surface area contributed by atoms with Gasteiger partial charge in [0.15, 0.2) is 0 Å². The van der Waals surface area contributed by atoms with Crippen molar-refractivity contribution in [3.05, 3.63) is 71.8 Å². The highest BCUT2D eigenvalue weighted by atomic mass is 14.3. The largest absolute Gasteiger partial charge is 0.0654 e. The zero-order valence-corrected chi connectivity index (χ0v) is 14.2. The average molecular weight is 294 g/mol. The third kappa shape index (κ3) is 4.73. The summed E-state index contributed by atoms with van der Waals surface area (Å²) in [6, 6.07) is 22.3. The molecule has 2 aromatic rings. The Morgan fingerprint density at radius 2 is 0.955 bits per heavy atom. The normalized spacial score (nSPS) is 13.7. The Morgan fingerprint density at radius 1 is 0.591 bits per heavy atom. The monoisotopic (exact) mass is 294 g/mol. The smallest absolute Gasteiger partial charge is 0.00931 e.